The Labute approximate surface area is 331 Å². The van der Waals surface area contributed by atoms with Gasteiger partial charge in [0, 0.05) is 19.1 Å². The number of nitrogens with zero attached hydrogens (tertiary/aromatic N) is 5. The summed E-state index contributed by atoms with van der Waals surface area (Å²) in [6, 6.07) is 30.4. The molecule has 12 heteroatoms. The number of carbonyl (C=O) groups is 3. The third-order valence-electron chi connectivity index (χ3n) is 12.3. The Balaban J connectivity index is 0.887. The zero-order valence-corrected chi connectivity index (χ0v) is 32.6. The van der Waals surface area contributed by atoms with Gasteiger partial charge in [-0.2, -0.15) is 0 Å². The molecule has 3 aliphatic rings. The number of carbonyl (C=O) groups excluding carboxylic acids is 3. The predicted octanol–water partition coefficient (Wildman–Crippen LogP) is 7.51. The van der Waals surface area contributed by atoms with Crippen LogP contribution in [-0.4, -0.2) is 91.4 Å². The Hall–Kier alpha value is -6.01. The lowest BCUT2D eigenvalue weighted by Crippen LogP contribution is -2.54. The lowest BCUT2D eigenvalue weighted by molar-refractivity contribution is -0.139. The second kappa shape index (κ2) is 15.2. The molecule has 3 saturated heterocycles. The van der Waals surface area contributed by atoms with Gasteiger partial charge in [0.15, 0.2) is 0 Å². The Bertz CT molecular complexity index is 2440. The number of aromatic nitrogens is 4. The van der Waals surface area contributed by atoms with Gasteiger partial charge in [0.2, 0.25) is 11.8 Å². The first-order valence-corrected chi connectivity index (χ1v) is 20.1. The Morgan fingerprint density at radius 2 is 1.40 bits per heavy atom. The lowest BCUT2D eigenvalue weighted by atomic mass is 9.98. The summed E-state index contributed by atoms with van der Waals surface area (Å²) >= 11 is 0. The Morgan fingerprint density at radius 3 is 2.04 bits per heavy atom. The average Bonchev–Trinajstić information content (AvgIpc) is 4.06. The molecule has 3 amide bonds. The molecule has 57 heavy (non-hydrogen) atoms. The zero-order valence-electron chi connectivity index (χ0n) is 32.6. The molecule has 292 valence electrons. The number of rotatable bonds is 9. The van der Waals surface area contributed by atoms with E-state index in [1.807, 2.05) is 48.0 Å². The van der Waals surface area contributed by atoms with Gasteiger partial charge in [-0.1, -0.05) is 66.7 Å². The zero-order chi connectivity index (χ0) is 39.2. The largest absolute Gasteiger partial charge is 0.453 e. The van der Waals surface area contributed by atoms with E-state index in [2.05, 4.69) is 86.9 Å². The summed E-state index contributed by atoms with van der Waals surface area (Å²) in [7, 11) is 3.32. The molecular weight excluding hydrogens is 717 g/mol. The number of amides is 3. The molecular formula is C45H48N8O4. The van der Waals surface area contributed by atoms with Crippen LogP contribution in [0, 0.1) is 0 Å². The standard InChI is InChI=1S/C45H48N8O4/c1-27(51(2)26-28-8-5-4-6-9-28)43(54)52-23-7-10-39(52)41-46-34-19-15-31(24-37(34)48-41)29-11-13-30(14-12-29)32-16-20-35-38(25-32)49-42(47-35)40-22-18-33-17-21-36(44(55)53(33)40)50-45(56)57-3/h4-6,8-9,11-16,19-20,24-25,27,33,36,39-40H,7,10,17-18,21-23,26H2,1-3H3,(H,46,48)(H,47,49)(H,50,56)/t27-,33-,36-,39-,40-/m0/s1. The smallest absolute Gasteiger partial charge is 0.407 e. The van der Waals surface area contributed by atoms with Crippen LogP contribution in [0.3, 0.4) is 0 Å². The van der Waals surface area contributed by atoms with Crippen molar-refractivity contribution in [3.63, 3.8) is 0 Å². The summed E-state index contributed by atoms with van der Waals surface area (Å²) in [4.78, 5) is 62.1. The number of alkyl carbamates (subject to hydrolysis) is 1. The normalized spacial score (nSPS) is 21.4. The molecule has 0 unspecified atom stereocenters. The predicted molar refractivity (Wildman–Crippen MR) is 219 cm³/mol. The van der Waals surface area contributed by atoms with Crippen molar-refractivity contribution in [3.05, 3.63) is 108 Å². The number of fused-ring (bicyclic) bond motifs is 3. The number of likely N-dealkylation sites (tertiary alicyclic amines) is 1. The number of H-pyrrole nitrogens is 2. The highest BCUT2D eigenvalue weighted by Crippen LogP contribution is 2.41. The number of likely N-dealkylation sites (N-methyl/N-ethyl adjacent to an activating group) is 1. The van der Waals surface area contributed by atoms with Crippen LogP contribution in [0.2, 0.25) is 0 Å². The monoisotopic (exact) mass is 764 g/mol. The fourth-order valence-corrected chi connectivity index (χ4v) is 9.11. The summed E-state index contributed by atoms with van der Waals surface area (Å²) in [5.41, 5.74) is 9.13. The van der Waals surface area contributed by atoms with Crippen LogP contribution >= 0.6 is 0 Å². The van der Waals surface area contributed by atoms with E-state index in [9.17, 15) is 14.4 Å². The number of methoxy groups -OCH3 is 1. The van der Waals surface area contributed by atoms with Crippen molar-refractivity contribution in [1.29, 1.82) is 0 Å². The Morgan fingerprint density at radius 1 is 0.807 bits per heavy atom. The van der Waals surface area contributed by atoms with Crippen molar-refractivity contribution < 1.29 is 19.1 Å². The first-order chi connectivity index (χ1) is 27.7. The highest BCUT2D eigenvalue weighted by atomic mass is 16.5. The van der Waals surface area contributed by atoms with Crippen molar-refractivity contribution in [2.75, 3.05) is 20.7 Å². The fraction of sp³-hybridized carbons (Fsp3) is 0.356. The molecule has 0 spiro atoms. The summed E-state index contributed by atoms with van der Waals surface area (Å²) in [6.45, 7) is 3.44. The van der Waals surface area contributed by atoms with E-state index in [-0.39, 0.29) is 36.0 Å². The van der Waals surface area contributed by atoms with Gasteiger partial charge in [-0.25, -0.2) is 14.8 Å². The van der Waals surface area contributed by atoms with Crippen LogP contribution in [0.5, 0.6) is 0 Å². The Kier molecular flexibility index (Phi) is 9.73. The molecule has 5 atom stereocenters. The van der Waals surface area contributed by atoms with Gasteiger partial charge in [-0.05, 0) is 105 Å². The number of ether oxygens (including phenoxy) is 1. The van der Waals surface area contributed by atoms with Crippen molar-refractivity contribution in [3.8, 4) is 22.3 Å². The van der Waals surface area contributed by atoms with Crippen molar-refractivity contribution >= 4 is 40.0 Å². The van der Waals surface area contributed by atoms with Crippen LogP contribution in [0.15, 0.2) is 91.0 Å². The summed E-state index contributed by atoms with van der Waals surface area (Å²) in [6.07, 6.45) is 4.44. The van der Waals surface area contributed by atoms with E-state index in [1.165, 1.54) is 12.7 Å². The number of imidazole rings is 2. The van der Waals surface area contributed by atoms with Gasteiger partial charge in [0.05, 0.1) is 47.3 Å². The van der Waals surface area contributed by atoms with E-state index in [4.69, 9.17) is 14.7 Å². The number of aromatic amines is 2. The van der Waals surface area contributed by atoms with Crippen LogP contribution in [0.1, 0.15) is 74.7 Å². The van der Waals surface area contributed by atoms with Gasteiger partial charge in [-0.15, -0.1) is 0 Å². The van der Waals surface area contributed by atoms with Crippen LogP contribution < -0.4 is 5.32 Å². The number of nitrogens with one attached hydrogen (secondary N) is 3. The molecule has 0 bridgehead atoms. The average molecular weight is 765 g/mol. The molecule has 0 radical (unpaired) electrons. The van der Waals surface area contributed by atoms with E-state index in [0.29, 0.717) is 13.0 Å². The van der Waals surface area contributed by atoms with Crippen molar-refractivity contribution in [2.24, 2.45) is 0 Å². The summed E-state index contributed by atoms with van der Waals surface area (Å²) in [5.74, 6) is 1.68. The number of piperidine rings is 1. The van der Waals surface area contributed by atoms with Gasteiger partial charge < -0.3 is 29.8 Å². The summed E-state index contributed by atoms with van der Waals surface area (Å²) < 4.78 is 4.75. The van der Waals surface area contributed by atoms with Crippen molar-refractivity contribution in [2.45, 2.75) is 82.2 Å². The molecule has 12 nitrogen and oxygen atoms in total. The van der Waals surface area contributed by atoms with Crippen LogP contribution in [0.4, 0.5) is 4.79 Å². The molecule has 5 heterocycles. The maximum Gasteiger partial charge on any atom is 0.407 e. The van der Waals surface area contributed by atoms with E-state index >= 15 is 0 Å². The minimum Gasteiger partial charge on any atom is -0.453 e. The minimum absolute atomic E-state index is 0.0754. The second-order valence-electron chi connectivity index (χ2n) is 15.8. The van der Waals surface area contributed by atoms with Gasteiger partial charge >= 0.3 is 6.09 Å². The van der Waals surface area contributed by atoms with E-state index in [0.717, 1.165) is 94.6 Å². The lowest BCUT2D eigenvalue weighted by Gasteiger charge is -2.37. The highest BCUT2D eigenvalue weighted by Gasteiger charge is 2.45. The maximum atomic E-state index is 13.8. The first-order valence-electron chi connectivity index (χ1n) is 20.1. The number of hydrogen-bond donors (Lipinski definition) is 3. The molecule has 4 aromatic carbocycles. The molecule has 3 aliphatic heterocycles. The minimum atomic E-state index is -0.588. The molecule has 0 aliphatic carbocycles. The van der Waals surface area contributed by atoms with Crippen LogP contribution in [0.25, 0.3) is 44.3 Å². The SMILES string of the molecule is COC(=O)N[C@H]1CC[C@H]2CC[C@@H](c3nc4ccc(-c5ccc(-c6ccc7nc([C@@H]8CCCN8C(=O)[C@H](C)N(C)Cc8ccccc8)[nH]c7c6)cc5)cc4[nH]3)N2C1=O. The highest BCUT2D eigenvalue weighted by molar-refractivity contribution is 5.88. The van der Waals surface area contributed by atoms with Crippen LogP contribution in [-0.2, 0) is 20.9 Å². The van der Waals surface area contributed by atoms with E-state index < -0.39 is 12.1 Å². The molecule has 2 aromatic heterocycles. The second-order valence-corrected chi connectivity index (χ2v) is 15.8. The quantitative estimate of drug-likeness (QED) is 0.139. The third-order valence-corrected chi connectivity index (χ3v) is 12.3. The first kappa shape index (κ1) is 36.6. The summed E-state index contributed by atoms with van der Waals surface area (Å²) in [5, 5.41) is 2.70. The van der Waals surface area contributed by atoms with Gasteiger partial charge in [-0.3, -0.25) is 14.5 Å². The molecule has 3 fully saturated rings. The molecule has 0 saturated carbocycles. The number of hydrogen-bond acceptors (Lipinski definition) is 7. The van der Waals surface area contributed by atoms with Crippen molar-refractivity contribution in [1.82, 2.24) is 40.0 Å². The molecule has 9 rings (SSSR count). The third kappa shape index (κ3) is 7.03. The molecule has 6 aromatic rings. The van der Waals surface area contributed by atoms with Gasteiger partial charge in [0.1, 0.15) is 17.7 Å². The maximum absolute atomic E-state index is 13.8. The fourth-order valence-electron chi connectivity index (χ4n) is 9.11. The topological polar surface area (TPSA) is 140 Å². The molecule has 3 N–H and O–H groups in total. The number of benzene rings is 4. The van der Waals surface area contributed by atoms with E-state index in [1.54, 1.807) is 0 Å². The van der Waals surface area contributed by atoms with Gasteiger partial charge in [0.25, 0.3) is 0 Å².